The van der Waals surface area contributed by atoms with Gasteiger partial charge in [0.05, 0.1) is 19.0 Å². The average Bonchev–Trinajstić information content (AvgIpc) is 3.15. The number of aliphatic hydroxyl groups is 3. The molecule has 1 aliphatic heterocycles. The van der Waals surface area contributed by atoms with E-state index in [4.69, 9.17) is 4.74 Å². The molecule has 27 heavy (non-hydrogen) atoms. The number of nitrogens with zero attached hydrogens (tertiary/aromatic N) is 3. The maximum atomic E-state index is 11.9. The number of rotatable bonds is 7. The maximum absolute atomic E-state index is 11.9. The quantitative estimate of drug-likeness (QED) is 0.267. The van der Waals surface area contributed by atoms with E-state index in [-0.39, 0.29) is 12.3 Å². The maximum Gasteiger partial charge on any atom is 0.221 e. The number of aromatic amines is 1. The van der Waals surface area contributed by atoms with Crippen molar-refractivity contribution >= 4 is 22.9 Å². The molecule has 0 aromatic carbocycles. The molecule has 1 amide bonds. The number of anilines is 1. The summed E-state index contributed by atoms with van der Waals surface area (Å²) in [6.45, 7) is 0.00208. The summed E-state index contributed by atoms with van der Waals surface area (Å²) in [6, 6.07) is -0.954. The number of amides is 1. The van der Waals surface area contributed by atoms with Crippen molar-refractivity contribution in [2.24, 2.45) is 0 Å². The summed E-state index contributed by atoms with van der Waals surface area (Å²) < 4.78 is 5.67. The van der Waals surface area contributed by atoms with E-state index in [1.807, 2.05) is 0 Å². The lowest BCUT2D eigenvalue weighted by Crippen LogP contribution is -2.65. The van der Waals surface area contributed by atoms with Crippen LogP contribution < -0.4 is 16.0 Å². The van der Waals surface area contributed by atoms with Crippen LogP contribution in [0.25, 0.3) is 11.2 Å². The third kappa shape index (κ3) is 4.14. The van der Waals surface area contributed by atoms with E-state index in [1.165, 1.54) is 12.7 Å². The number of aliphatic hydroxyl groups excluding tert-OH is 3. The number of fused-ring (bicyclic) bond motifs is 1. The summed E-state index contributed by atoms with van der Waals surface area (Å²) in [5.41, 5.74) is 0.928. The second-order valence-corrected chi connectivity index (χ2v) is 6.17. The molecule has 0 saturated carbocycles. The fraction of sp³-hybridized carbons (Fsp3) is 0.600. The van der Waals surface area contributed by atoms with Gasteiger partial charge >= 0.3 is 0 Å². The molecule has 7 N–H and O–H groups in total. The predicted octanol–water partition coefficient (Wildman–Crippen LogP) is -2.70. The minimum absolute atomic E-state index is 0.189. The number of hydrogen-bond donors (Lipinski definition) is 7. The number of hydrogen-bond acceptors (Lipinski definition) is 10. The van der Waals surface area contributed by atoms with Crippen LogP contribution in [0, 0.1) is 0 Å². The Hall–Kier alpha value is -2.38. The molecule has 2 aromatic heterocycles. The van der Waals surface area contributed by atoms with Gasteiger partial charge in [-0.1, -0.05) is 0 Å². The molecule has 3 rings (SSSR count). The number of aromatic nitrogens is 4. The lowest BCUT2D eigenvalue weighted by molar-refractivity contribution is -0.185. The summed E-state index contributed by atoms with van der Waals surface area (Å²) in [4.78, 5) is 26.9. The molecule has 1 fully saturated rings. The molecule has 5 atom stereocenters. The van der Waals surface area contributed by atoms with E-state index >= 15 is 0 Å². The van der Waals surface area contributed by atoms with E-state index in [0.717, 1.165) is 0 Å². The largest absolute Gasteiger partial charge is 0.394 e. The fourth-order valence-corrected chi connectivity index (χ4v) is 2.93. The highest BCUT2D eigenvalue weighted by atomic mass is 16.5. The van der Waals surface area contributed by atoms with Gasteiger partial charge in [-0.3, -0.25) is 4.79 Å². The third-order valence-electron chi connectivity index (χ3n) is 4.36. The first-order chi connectivity index (χ1) is 13.0. The van der Waals surface area contributed by atoms with Crippen molar-refractivity contribution in [2.45, 2.75) is 37.0 Å². The molecule has 1 saturated heterocycles. The van der Waals surface area contributed by atoms with E-state index in [9.17, 15) is 20.1 Å². The van der Waals surface area contributed by atoms with Crippen LogP contribution in [0.1, 0.15) is 6.42 Å². The van der Waals surface area contributed by atoms with Crippen LogP contribution in [0.2, 0.25) is 0 Å². The molecule has 12 heteroatoms. The molecular formula is C15H23N7O5. The van der Waals surface area contributed by atoms with Gasteiger partial charge in [-0.2, -0.15) is 0 Å². The van der Waals surface area contributed by atoms with Gasteiger partial charge in [0.1, 0.15) is 30.2 Å². The second-order valence-electron chi connectivity index (χ2n) is 6.17. The molecule has 0 radical (unpaired) electrons. The lowest BCUT2D eigenvalue weighted by Gasteiger charge is -2.42. The second kappa shape index (κ2) is 8.54. The highest BCUT2D eigenvalue weighted by molar-refractivity contribution is 5.82. The fourth-order valence-electron chi connectivity index (χ4n) is 2.93. The van der Waals surface area contributed by atoms with E-state index in [2.05, 4.69) is 35.9 Å². The Labute approximate surface area is 154 Å². The Morgan fingerprint density at radius 3 is 2.85 bits per heavy atom. The van der Waals surface area contributed by atoms with Gasteiger partial charge < -0.3 is 41.0 Å². The molecule has 12 nitrogen and oxygen atoms in total. The Bertz CT molecular complexity index is 770. The minimum Gasteiger partial charge on any atom is -0.394 e. The van der Waals surface area contributed by atoms with E-state index in [0.29, 0.717) is 23.5 Å². The van der Waals surface area contributed by atoms with Crippen molar-refractivity contribution < 1.29 is 24.9 Å². The highest BCUT2D eigenvalue weighted by Gasteiger charge is 2.45. The van der Waals surface area contributed by atoms with Crippen LogP contribution in [-0.4, -0.2) is 91.9 Å². The number of ether oxygens (including phenoxy) is 1. The molecule has 0 aliphatic carbocycles. The van der Waals surface area contributed by atoms with Crippen molar-refractivity contribution in [3.8, 4) is 0 Å². The monoisotopic (exact) mass is 381 g/mol. The first-order valence-electron chi connectivity index (χ1n) is 8.52. The Balaban J connectivity index is 1.72. The SMILES string of the molecule is CNCCC(=O)N[C@@H]1[C@@H](O)[C@H](O)[C@@H](Nc2ncnc3nc[nH]c23)O[C@H]1CO. The molecule has 148 valence electrons. The van der Waals surface area contributed by atoms with Crippen molar-refractivity contribution in [2.75, 3.05) is 25.5 Å². The zero-order valence-electron chi connectivity index (χ0n) is 14.7. The number of imidazole rings is 1. The van der Waals surface area contributed by atoms with Crippen LogP contribution in [0.5, 0.6) is 0 Å². The van der Waals surface area contributed by atoms with Crippen molar-refractivity contribution in [3.63, 3.8) is 0 Å². The van der Waals surface area contributed by atoms with Gasteiger partial charge in [-0.05, 0) is 7.05 Å². The summed E-state index contributed by atoms with van der Waals surface area (Å²) in [6.07, 6.45) is -1.78. The van der Waals surface area contributed by atoms with Gasteiger partial charge in [0, 0.05) is 13.0 Å². The van der Waals surface area contributed by atoms with Crippen LogP contribution >= 0.6 is 0 Å². The Morgan fingerprint density at radius 1 is 1.30 bits per heavy atom. The Kier molecular flexibility index (Phi) is 6.13. The van der Waals surface area contributed by atoms with Crippen LogP contribution in [0.4, 0.5) is 5.82 Å². The first kappa shape index (κ1) is 19.4. The van der Waals surface area contributed by atoms with Crippen LogP contribution in [-0.2, 0) is 9.53 Å². The predicted molar refractivity (Wildman–Crippen MR) is 93.5 cm³/mol. The molecule has 3 heterocycles. The van der Waals surface area contributed by atoms with E-state index in [1.54, 1.807) is 7.05 Å². The summed E-state index contributed by atoms with van der Waals surface area (Å²) in [5, 5.41) is 38.9. The summed E-state index contributed by atoms with van der Waals surface area (Å²) in [5.74, 6) is -0.00836. The normalized spacial score (nSPS) is 28.2. The minimum atomic E-state index is -1.38. The molecule has 0 bridgehead atoms. The first-order valence-corrected chi connectivity index (χ1v) is 8.52. The number of carbonyl (C=O) groups excluding carboxylic acids is 1. The van der Waals surface area contributed by atoms with Gasteiger partial charge in [0.25, 0.3) is 0 Å². The third-order valence-corrected chi connectivity index (χ3v) is 4.36. The molecule has 1 aliphatic rings. The van der Waals surface area contributed by atoms with Crippen molar-refractivity contribution in [3.05, 3.63) is 12.7 Å². The Morgan fingerprint density at radius 2 is 2.11 bits per heavy atom. The van der Waals surface area contributed by atoms with Crippen molar-refractivity contribution in [1.82, 2.24) is 30.6 Å². The van der Waals surface area contributed by atoms with Crippen LogP contribution in [0.15, 0.2) is 12.7 Å². The van der Waals surface area contributed by atoms with Crippen molar-refractivity contribution in [1.29, 1.82) is 0 Å². The van der Waals surface area contributed by atoms with Gasteiger partial charge in [0.15, 0.2) is 17.7 Å². The topological polar surface area (TPSA) is 178 Å². The summed E-state index contributed by atoms with van der Waals surface area (Å²) in [7, 11) is 1.71. The number of carbonyl (C=O) groups is 1. The standard InChI is InChI=1S/C15H23N7O5/c1-16-3-2-8(24)21-9-7(4-23)27-15(12(26)11(9)25)22-14-10-13(18-5-17-10)19-6-20-14/h5-7,9,11-12,15-16,23,25-26H,2-4H2,1H3,(H,21,24)(H2,17,18,19,20,22)/t7-,9-,11+,12-,15-/m0/s1. The molecular weight excluding hydrogens is 358 g/mol. The number of H-pyrrole nitrogens is 1. The smallest absolute Gasteiger partial charge is 0.221 e. The molecule has 0 spiro atoms. The zero-order valence-corrected chi connectivity index (χ0v) is 14.7. The lowest BCUT2D eigenvalue weighted by atomic mass is 9.95. The number of nitrogens with one attached hydrogen (secondary N) is 4. The van der Waals surface area contributed by atoms with E-state index < -0.39 is 37.2 Å². The van der Waals surface area contributed by atoms with Gasteiger partial charge in [0.2, 0.25) is 5.91 Å². The average molecular weight is 381 g/mol. The molecule has 2 aromatic rings. The van der Waals surface area contributed by atoms with Crippen LogP contribution in [0.3, 0.4) is 0 Å². The highest BCUT2D eigenvalue weighted by Crippen LogP contribution is 2.24. The van der Waals surface area contributed by atoms with Gasteiger partial charge in [-0.15, -0.1) is 0 Å². The zero-order chi connectivity index (χ0) is 19.4. The summed E-state index contributed by atoms with van der Waals surface area (Å²) >= 11 is 0. The van der Waals surface area contributed by atoms with Gasteiger partial charge in [-0.25, -0.2) is 15.0 Å². The molecule has 0 unspecified atom stereocenters.